The molecular formula is C28H37N3O4. The zero-order valence-electron chi connectivity index (χ0n) is 21.7. The molecule has 7 aliphatic rings. The Morgan fingerprint density at radius 3 is 2.71 bits per heavy atom. The largest absolute Gasteiger partial charge is 0.480 e. The van der Waals surface area contributed by atoms with E-state index in [1.165, 1.54) is 5.56 Å². The van der Waals surface area contributed by atoms with Crippen LogP contribution in [-0.4, -0.2) is 69.8 Å². The molecule has 1 aromatic rings. The number of ether oxygens (including phenoxy) is 2. The van der Waals surface area contributed by atoms with Crippen LogP contribution in [0.4, 0.5) is 5.69 Å². The van der Waals surface area contributed by atoms with E-state index in [4.69, 9.17) is 9.47 Å². The first kappa shape index (κ1) is 22.0. The Balaban J connectivity index is 1.38. The van der Waals surface area contributed by atoms with Gasteiger partial charge in [0.15, 0.2) is 11.5 Å². The number of likely N-dealkylation sites (N-methyl/N-ethyl adjacent to an activating group) is 1. The number of benzene rings is 1. The zero-order chi connectivity index (χ0) is 24.8. The van der Waals surface area contributed by atoms with Gasteiger partial charge in [-0.05, 0) is 69.1 Å². The predicted octanol–water partition coefficient (Wildman–Crippen LogP) is 3.27. The van der Waals surface area contributed by atoms with Crippen molar-refractivity contribution in [3.8, 4) is 11.5 Å². The Bertz CT molecular complexity index is 1200. The lowest BCUT2D eigenvalue weighted by Crippen LogP contribution is -2.82. The van der Waals surface area contributed by atoms with E-state index in [1.807, 2.05) is 38.8 Å². The van der Waals surface area contributed by atoms with Crippen molar-refractivity contribution in [3.05, 3.63) is 30.0 Å². The van der Waals surface area contributed by atoms with Crippen LogP contribution < -0.4 is 14.8 Å². The lowest BCUT2D eigenvalue weighted by Gasteiger charge is -2.65. The Labute approximate surface area is 207 Å². The lowest BCUT2D eigenvalue weighted by atomic mass is 9.55. The summed E-state index contributed by atoms with van der Waals surface area (Å²) in [6, 6.07) is 4.28. The monoisotopic (exact) mass is 479 g/mol. The van der Waals surface area contributed by atoms with Gasteiger partial charge in [-0.3, -0.25) is 9.69 Å². The number of hydrogen-bond donors (Lipinski definition) is 2. The Hall–Kier alpha value is -2.25. The lowest BCUT2D eigenvalue weighted by molar-refractivity contribution is -0.206. The van der Waals surface area contributed by atoms with Gasteiger partial charge in [-0.2, -0.15) is 0 Å². The number of nitrogens with zero attached hydrogens (tertiary/aromatic N) is 2. The van der Waals surface area contributed by atoms with E-state index in [0.717, 1.165) is 43.2 Å². The number of rotatable bonds is 0. The van der Waals surface area contributed by atoms with Crippen molar-refractivity contribution < 1.29 is 19.4 Å². The average molecular weight is 480 g/mol. The quantitative estimate of drug-likeness (QED) is 0.595. The third kappa shape index (κ3) is 2.21. The fourth-order valence-electron chi connectivity index (χ4n) is 9.15. The molecule has 2 N–H and O–H groups in total. The highest BCUT2D eigenvalue weighted by Crippen LogP contribution is 2.72. The van der Waals surface area contributed by atoms with E-state index < -0.39 is 16.7 Å². The maximum Gasteiger partial charge on any atom is 0.246 e. The summed E-state index contributed by atoms with van der Waals surface area (Å²) in [6.45, 7) is 13.1. The second-order valence-electron chi connectivity index (χ2n) is 13.3. The molecule has 6 aliphatic heterocycles. The van der Waals surface area contributed by atoms with Crippen molar-refractivity contribution >= 4 is 11.6 Å². The van der Waals surface area contributed by atoms with Crippen molar-refractivity contribution in [2.45, 2.75) is 81.6 Å². The maximum atomic E-state index is 14.0. The second-order valence-corrected chi connectivity index (χ2v) is 13.3. The van der Waals surface area contributed by atoms with E-state index in [2.05, 4.69) is 36.2 Å². The van der Waals surface area contributed by atoms with Crippen molar-refractivity contribution in [3.63, 3.8) is 0 Å². The Morgan fingerprint density at radius 2 is 1.94 bits per heavy atom. The molecule has 6 heterocycles. The van der Waals surface area contributed by atoms with Gasteiger partial charge in [0.25, 0.3) is 0 Å². The van der Waals surface area contributed by atoms with E-state index in [0.29, 0.717) is 12.8 Å². The molecule has 2 unspecified atom stereocenters. The normalized spacial score (nSPS) is 43.7. The van der Waals surface area contributed by atoms with Gasteiger partial charge in [0, 0.05) is 32.1 Å². The number of carbonyl (C=O) groups is 1. The van der Waals surface area contributed by atoms with E-state index >= 15 is 0 Å². The van der Waals surface area contributed by atoms with Crippen molar-refractivity contribution in [1.29, 1.82) is 0 Å². The zero-order valence-corrected chi connectivity index (χ0v) is 21.7. The molecule has 35 heavy (non-hydrogen) atoms. The maximum absolute atomic E-state index is 14.0. The first-order valence-electron chi connectivity index (χ1n) is 13.0. The second kappa shape index (κ2) is 6.00. The third-order valence-electron chi connectivity index (χ3n) is 11.2. The number of amides is 1. The van der Waals surface area contributed by atoms with Crippen molar-refractivity contribution in [2.75, 3.05) is 32.0 Å². The van der Waals surface area contributed by atoms with Gasteiger partial charge >= 0.3 is 0 Å². The SMILES string of the molecule is CN1C(=O)C23CC4C(C)(C)[C@]5(CNc6c5ccc5c6OC=CC(C)(C)O5)C[C@@]41CN2CC[C@@]3(C)O. The number of anilines is 1. The number of nitrogens with one attached hydrogen (secondary N) is 1. The summed E-state index contributed by atoms with van der Waals surface area (Å²) in [5.74, 6) is 1.88. The van der Waals surface area contributed by atoms with Crippen LogP contribution in [0.25, 0.3) is 0 Å². The number of fused-ring (bicyclic) bond motifs is 5. The van der Waals surface area contributed by atoms with Crippen LogP contribution in [0.15, 0.2) is 24.5 Å². The van der Waals surface area contributed by atoms with Crippen LogP contribution in [0, 0.1) is 11.3 Å². The summed E-state index contributed by atoms with van der Waals surface area (Å²) in [4.78, 5) is 18.3. The smallest absolute Gasteiger partial charge is 0.246 e. The molecule has 7 nitrogen and oxygen atoms in total. The molecule has 1 aliphatic carbocycles. The molecule has 1 saturated carbocycles. The first-order valence-corrected chi connectivity index (χ1v) is 13.0. The van der Waals surface area contributed by atoms with Gasteiger partial charge in [0.1, 0.15) is 11.1 Å². The summed E-state index contributed by atoms with van der Waals surface area (Å²) in [5.41, 5.74) is -0.511. The van der Waals surface area contributed by atoms with Crippen LogP contribution in [0.2, 0.25) is 0 Å². The molecular weight excluding hydrogens is 442 g/mol. The minimum absolute atomic E-state index is 0.104. The molecule has 188 valence electrons. The van der Waals surface area contributed by atoms with Gasteiger partial charge in [-0.15, -0.1) is 0 Å². The highest BCUT2D eigenvalue weighted by Gasteiger charge is 2.80. The summed E-state index contributed by atoms with van der Waals surface area (Å²) in [6.07, 6.45) is 5.94. The van der Waals surface area contributed by atoms with Crippen LogP contribution in [0.3, 0.4) is 0 Å². The Kier molecular flexibility index (Phi) is 3.77. The number of piperazine rings is 1. The van der Waals surface area contributed by atoms with Crippen LogP contribution in [0.5, 0.6) is 11.5 Å². The highest BCUT2D eigenvalue weighted by molar-refractivity contribution is 5.92. The molecule has 5 atom stereocenters. The molecule has 3 spiro atoms. The molecule has 8 rings (SSSR count). The first-order chi connectivity index (χ1) is 16.3. The number of hydrogen-bond acceptors (Lipinski definition) is 6. The van der Waals surface area contributed by atoms with Crippen LogP contribution >= 0.6 is 0 Å². The van der Waals surface area contributed by atoms with Crippen molar-refractivity contribution in [2.24, 2.45) is 11.3 Å². The topological polar surface area (TPSA) is 74.3 Å². The number of aliphatic hydroxyl groups is 1. The van der Waals surface area contributed by atoms with E-state index in [9.17, 15) is 9.90 Å². The van der Waals surface area contributed by atoms with Gasteiger partial charge < -0.3 is 24.8 Å². The fourth-order valence-corrected chi connectivity index (χ4v) is 9.15. The molecule has 2 bridgehead atoms. The van der Waals surface area contributed by atoms with E-state index in [1.54, 1.807) is 6.26 Å². The molecule has 0 radical (unpaired) electrons. The minimum atomic E-state index is -1.01. The molecule has 4 saturated heterocycles. The van der Waals surface area contributed by atoms with E-state index in [-0.39, 0.29) is 28.2 Å². The average Bonchev–Trinajstić information content (AvgIpc) is 3.29. The van der Waals surface area contributed by atoms with Gasteiger partial charge in [0.2, 0.25) is 5.91 Å². The summed E-state index contributed by atoms with van der Waals surface area (Å²) < 4.78 is 12.4. The van der Waals surface area contributed by atoms with Crippen molar-refractivity contribution in [1.82, 2.24) is 9.80 Å². The number of carbonyl (C=O) groups excluding carboxylic acids is 1. The van der Waals surface area contributed by atoms with Gasteiger partial charge in [-0.25, -0.2) is 0 Å². The number of piperidine rings is 2. The summed E-state index contributed by atoms with van der Waals surface area (Å²) >= 11 is 0. The molecule has 1 amide bonds. The standard InChI is InChI=1S/C28H37N3O4/c1-23(2)10-12-34-21-18(35-23)8-7-17-20(21)29-15-26(17)14-27-16-31-11-9-25(5,33)28(31,22(32)30(27)6)13-19(27)24(26,3)4/h7-8,10,12,19,29,33H,9,11,13-16H2,1-6H3/t19?,25-,26+,27-,28?/m1/s1. The summed E-state index contributed by atoms with van der Waals surface area (Å²) in [5, 5.41) is 15.2. The molecule has 7 heteroatoms. The molecule has 0 aromatic heterocycles. The fraction of sp³-hybridized carbons (Fsp3) is 0.679. The Morgan fingerprint density at radius 1 is 1.17 bits per heavy atom. The van der Waals surface area contributed by atoms with Crippen LogP contribution in [-0.2, 0) is 10.2 Å². The highest BCUT2D eigenvalue weighted by atomic mass is 16.5. The molecule has 5 fully saturated rings. The third-order valence-corrected chi connectivity index (χ3v) is 11.2. The predicted molar refractivity (Wildman–Crippen MR) is 133 cm³/mol. The van der Waals surface area contributed by atoms with Crippen LogP contribution in [0.1, 0.15) is 59.4 Å². The minimum Gasteiger partial charge on any atom is -0.480 e. The van der Waals surface area contributed by atoms with Gasteiger partial charge in [-0.1, -0.05) is 19.9 Å². The van der Waals surface area contributed by atoms with Gasteiger partial charge in [0.05, 0.1) is 23.1 Å². The summed E-state index contributed by atoms with van der Waals surface area (Å²) in [7, 11) is 1.99. The molecule has 1 aromatic carbocycles.